The first-order valence-electron chi connectivity index (χ1n) is 7.98. The van der Waals surface area contributed by atoms with Crippen LogP contribution < -0.4 is 5.32 Å². The van der Waals surface area contributed by atoms with Gasteiger partial charge in [-0.15, -0.1) is 0 Å². The van der Waals surface area contributed by atoms with E-state index in [0.717, 1.165) is 38.0 Å². The molecule has 2 heterocycles. The Bertz CT molecular complexity index is 543. The minimum absolute atomic E-state index is 0.228. The number of nitrogens with zero attached hydrogens (tertiary/aromatic N) is 1. The van der Waals surface area contributed by atoms with E-state index in [1.807, 2.05) is 29.2 Å². The zero-order valence-corrected chi connectivity index (χ0v) is 13.7. The summed E-state index contributed by atoms with van der Waals surface area (Å²) in [5.41, 5.74) is 0.541. The number of benzene rings is 1. The second-order valence-corrected chi connectivity index (χ2v) is 6.75. The fourth-order valence-electron chi connectivity index (χ4n) is 3.55. The molecule has 22 heavy (non-hydrogen) atoms. The first-order valence-corrected chi connectivity index (χ1v) is 8.36. The van der Waals surface area contributed by atoms with E-state index in [2.05, 4.69) is 12.2 Å². The van der Waals surface area contributed by atoms with Gasteiger partial charge in [-0.2, -0.15) is 0 Å². The Kier molecular flexibility index (Phi) is 4.71. The molecule has 2 saturated heterocycles. The third kappa shape index (κ3) is 3.00. The van der Waals surface area contributed by atoms with Gasteiger partial charge in [0.25, 0.3) is 0 Å². The summed E-state index contributed by atoms with van der Waals surface area (Å²) in [6.45, 7) is 5.76. The number of halogens is 1. The van der Waals surface area contributed by atoms with Crippen molar-refractivity contribution in [3.05, 3.63) is 34.9 Å². The van der Waals surface area contributed by atoms with Crippen molar-refractivity contribution in [3.63, 3.8) is 0 Å². The van der Waals surface area contributed by atoms with Crippen LogP contribution in [0.15, 0.2) is 24.3 Å². The number of rotatable bonds is 2. The molecule has 1 N–H and O–H groups in total. The standard InChI is InChI=1S/C17H23ClN2O2/c1-13-12-20(8-7-19-13)16(21)17(5-9-22-10-6-17)14-3-2-4-15(18)11-14/h2-4,11,13,19H,5-10,12H2,1H3/t13-/m0/s1. The van der Waals surface area contributed by atoms with Gasteiger partial charge in [0.1, 0.15) is 0 Å². The number of nitrogens with one attached hydrogen (secondary N) is 1. The molecule has 0 saturated carbocycles. The SMILES string of the molecule is C[C@H]1CN(C(=O)C2(c3cccc(Cl)c3)CCOCC2)CCN1. The Balaban J connectivity index is 1.93. The zero-order valence-electron chi connectivity index (χ0n) is 13.0. The highest BCUT2D eigenvalue weighted by molar-refractivity contribution is 6.30. The molecule has 0 spiro atoms. The second-order valence-electron chi connectivity index (χ2n) is 6.31. The Hall–Kier alpha value is -1.10. The van der Waals surface area contributed by atoms with Crippen molar-refractivity contribution in [1.29, 1.82) is 0 Å². The van der Waals surface area contributed by atoms with Crippen molar-refractivity contribution in [2.45, 2.75) is 31.2 Å². The highest BCUT2D eigenvalue weighted by atomic mass is 35.5. The summed E-state index contributed by atoms with van der Waals surface area (Å²) in [7, 11) is 0. The fraction of sp³-hybridized carbons (Fsp3) is 0.588. The van der Waals surface area contributed by atoms with Crippen LogP contribution in [0, 0.1) is 0 Å². The highest BCUT2D eigenvalue weighted by Crippen LogP contribution is 2.38. The molecule has 2 aliphatic rings. The number of amides is 1. The van der Waals surface area contributed by atoms with Gasteiger partial charge >= 0.3 is 0 Å². The van der Waals surface area contributed by atoms with Crippen molar-refractivity contribution in [3.8, 4) is 0 Å². The second kappa shape index (κ2) is 6.57. The predicted molar refractivity (Wildman–Crippen MR) is 87.2 cm³/mol. The lowest BCUT2D eigenvalue weighted by Crippen LogP contribution is -2.57. The average molecular weight is 323 g/mol. The van der Waals surface area contributed by atoms with E-state index < -0.39 is 5.41 Å². The maximum atomic E-state index is 13.3. The number of carbonyl (C=O) groups is 1. The van der Waals surface area contributed by atoms with Crippen LogP contribution in [0.25, 0.3) is 0 Å². The molecule has 1 aromatic carbocycles. The molecule has 0 radical (unpaired) electrons. The van der Waals surface area contributed by atoms with E-state index in [1.165, 1.54) is 0 Å². The Morgan fingerprint density at radius 3 is 2.86 bits per heavy atom. The maximum absolute atomic E-state index is 13.3. The number of hydrogen-bond donors (Lipinski definition) is 1. The van der Waals surface area contributed by atoms with Crippen LogP contribution in [0.3, 0.4) is 0 Å². The summed E-state index contributed by atoms with van der Waals surface area (Å²) in [5, 5.41) is 4.08. The minimum atomic E-state index is -0.486. The van der Waals surface area contributed by atoms with Crippen LogP contribution in [0.2, 0.25) is 5.02 Å². The first kappa shape index (κ1) is 15.8. The highest BCUT2D eigenvalue weighted by Gasteiger charge is 2.44. The number of carbonyl (C=O) groups excluding carboxylic acids is 1. The van der Waals surface area contributed by atoms with Crippen LogP contribution >= 0.6 is 11.6 Å². The summed E-state index contributed by atoms with van der Waals surface area (Å²) in [4.78, 5) is 15.3. The van der Waals surface area contributed by atoms with Gasteiger partial charge in [-0.05, 0) is 37.5 Å². The van der Waals surface area contributed by atoms with E-state index in [1.54, 1.807) is 0 Å². The molecule has 0 unspecified atom stereocenters. The molecule has 0 aromatic heterocycles. The fourth-order valence-corrected chi connectivity index (χ4v) is 3.74. The molecule has 2 aliphatic heterocycles. The van der Waals surface area contributed by atoms with Crippen LogP contribution in [-0.4, -0.2) is 49.7 Å². The summed E-state index contributed by atoms with van der Waals surface area (Å²) in [6.07, 6.45) is 1.45. The topological polar surface area (TPSA) is 41.6 Å². The number of hydrogen-bond acceptors (Lipinski definition) is 3. The lowest BCUT2D eigenvalue weighted by molar-refractivity contribution is -0.142. The van der Waals surface area contributed by atoms with Gasteiger partial charge in [0, 0.05) is 43.9 Å². The molecule has 2 fully saturated rings. The van der Waals surface area contributed by atoms with Gasteiger partial charge in [-0.1, -0.05) is 23.7 Å². The van der Waals surface area contributed by atoms with Gasteiger partial charge in [-0.25, -0.2) is 0 Å². The lowest BCUT2D eigenvalue weighted by Gasteiger charge is -2.42. The van der Waals surface area contributed by atoms with Crippen molar-refractivity contribution in [2.75, 3.05) is 32.8 Å². The Labute approximate surface area is 136 Å². The van der Waals surface area contributed by atoms with E-state index in [4.69, 9.17) is 16.3 Å². The first-order chi connectivity index (χ1) is 10.6. The van der Waals surface area contributed by atoms with Crippen molar-refractivity contribution < 1.29 is 9.53 Å². The third-order valence-corrected chi connectivity index (χ3v) is 5.02. The molecule has 1 atom stereocenters. The zero-order chi connectivity index (χ0) is 15.6. The molecule has 5 heteroatoms. The molecule has 0 aliphatic carbocycles. The van der Waals surface area contributed by atoms with Crippen LogP contribution in [0.4, 0.5) is 0 Å². The monoisotopic (exact) mass is 322 g/mol. The van der Waals surface area contributed by atoms with Crippen molar-refractivity contribution in [2.24, 2.45) is 0 Å². The molecule has 120 valence electrons. The number of ether oxygens (including phenoxy) is 1. The van der Waals surface area contributed by atoms with Gasteiger partial charge in [0.15, 0.2) is 0 Å². The van der Waals surface area contributed by atoms with Crippen molar-refractivity contribution >= 4 is 17.5 Å². The molecule has 4 nitrogen and oxygen atoms in total. The molecular formula is C17H23ClN2O2. The van der Waals surface area contributed by atoms with Crippen LogP contribution in [-0.2, 0) is 14.9 Å². The molecule has 0 bridgehead atoms. The molecule has 1 amide bonds. The van der Waals surface area contributed by atoms with Gasteiger partial charge in [0.2, 0.25) is 5.91 Å². The van der Waals surface area contributed by atoms with Crippen molar-refractivity contribution in [1.82, 2.24) is 10.2 Å². The van der Waals surface area contributed by atoms with E-state index >= 15 is 0 Å². The third-order valence-electron chi connectivity index (χ3n) is 4.79. The van der Waals surface area contributed by atoms with Gasteiger partial charge in [0.05, 0.1) is 5.41 Å². The van der Waals surface area contributed by atoms with Gasteiger partial charge < -0.3 is 15.0 Å². The summed E-state index contributed by atoms with van der Waals surface area (Å²) >= 11 is 6.17. The maximum Gasteiger partial charge on any atom is 0.233 e. The molecule has 3 rings (SSSR count). The van der Waals surface area contributed by atoms with E-state index in [9.17, 15) is 4.79 Å². The van der Waals surface area contributed by atoms with Crippen LogP contribution in [0.1, 0.15) is 25.3 Å². The Morgan fingerprint density at radius 2 is 2.18 bits per heavy atom. The molecule has 1 aromatic rings. The largest absolute Gasteiger partial charge is 0.381 e. The predicted octanol–water partition coefficient (Wildman–Crippen LogP) is 2.21. The average Bonchev–Trinajstić information content (AvgIpc) is 2.55. The van der Waals surface area contributed by atoms with Gasteiger partial charge in [-0.3, -0.25) is 4.79 Å². The minimum Gasteiger partial charge on any atom is -0.381 e. The van der Waals surface area contributed by atoms with E-state index in [-0.39, 0.29) is 5.91 Å². The smallest absolute Gasteiger partial charge is 0.233 e. The number of piperazine rings is 1. The van der Waals surface area contributed by atoms with Crippen LogP contribution in [0.5, 0.6) is 0 Å². The lowest BCUT2D eigenvalue weighted by atomic mass is 9.73. The Morgan fingerprint density at radius 1 is 1.41 bits per heavy atom. The normalized spacial score (nSPS) is 25.0. The summed E-state index contributed by atoms with van der Waals surface area (Å²) in [6, 6.07) is 8.10. The quantitative estimate of drug-likeness (QED) is 0.907. The molecular weight excluding hydrogens is 300 g/mol. The summed E-state index contributed by atoms with van der Waals surface area (Å²) < 4.78 is 5.52. The van der Waals surface area contributed by atoms with E-state index in [0.29, 0.717) is 24.3 Å². The summed E-state index contributed by atoms with van der Waals surface area (Å²) in [5.74, 6) is 0.228.